The van der Waals surface area contributed by atoms with Crippen LogP contribution in [0.25, 0.3) is 0 Å². The van der Waals surface area contributed by atoms with Crippen molar-refractivity contribution in [3.63, 3.8) is 0 Å². The fourth-order valence-corrected chi connectivity index (χ4v) is 3.75. The smallest absolute Gasteiger partial charge is 0.235 e. The number of aryl methyl sites for hydroxylation is 2. The van der Waals surface area contributed by atoms with Crippen molar-refractivity contribution in [3.05, 3.63) is 47.0 Å². The van der Waals surface area contributed by atoms with E-state index in [9.17, 15) is 4.79 Å². The van der Waals surface area contributed by atoms with E-state index in [0.29, 0.717) is 0 Å². The molecule has 1 saturated carbocycles. The summed E-state index contributed by atoms with van der Waals surface area (Å²) in [6.07, 6.45) is 2.96. The predicted octanol–water partition coefficient (Wildman–Crippen LogP) is 4.05. The number of carbonyl (C=O) groups is 1. The van der Waals surface area contributed by atoms with Crippen molar-refractivity contribution in [2.24, 2.45) is 0 Å². The lowest BCUT2D eigenvalue weighted by Crippen LogP contribution is -2.40. The molecule has 2 aromatic rings. The fourth-order valence-electron chi connectivity index (χ4n) is 3.75. The highest BCUT2D eigenvalue weighted by Crippen LogP contribution is 2.52. The lowest BCUT2D eigenvalue weighted by molar-refractivity contribution is -0.123. The Morgan fingerprint density at radius 3 is 2.43 bits per heavy atom. The van der Waals surface area contributed by atoms with Gasteiger partial charge >= 0.3 is 0 Å². The van der Waals surface area contributed by atoms with Gasteiger partial charge in [0, 0.05) is 11.4 Å². The summed E-state index contributed by atoms with van der Waals surface area (Å²) < 4.78 is 6.12. The lowest BCUT2D eigenvalue weighted by Gasteiger charge is -2.36. The maximum absolute atomic E-state index is 12.3. The molecule has 1 fully saturated rings. The van der Waals surface area contributed by atoms with Crippen molar-refractivity contribution in [1.82, 2.24) is 0 Å². The lowest BCUT2D eigenvalue weighted by atomic mass is 9.65. The van der Waals surface area contributed by atoms with Crippen molar-refractivity contribution in [3.8, 4) is 11.5 Å². The summed E-state index contributed by atoms with van der Waals surface area (Å²) in [5, 5.41) is 3.00. The van der Waals surface area contributed by atoms with Gasteiger partial charge in [-0.05, 0) is 73.7 Å². The van der Waals surface area contributed by atoms with Crippen LogP contribution in [0, 0.1) is 13.8 Å². The number of nitrogens with one attached hydrogen (secondary N) is 1. The molecule has 0 saturated heterocycles. The van der Waals surface area contributed by atoms with Crippen LogP contribution >= 0.6 is 0 Å². The van der Waals surface area contributed by atoms with E-state index in [0.717, 1.165) is 58.8 Å². The van der Waals surface area contributed by atoms with Gasteiger partial charge in [-0.15, -0.1) is 0 Å². The number of fused-ring (bicyclic) bond motifs is 2. The molecule has 0 radical (unpaired) electrons. The number of nitrogen functional groups attached to an aromatic ring is 1. The largest absolute Gasteiger partial charge is 0.457 e. The Morgan fingerprint density at radius 1 is 1.13 bits per heavy atom. The van der Waals surface area contributed by atoms with Crippen molar-refractivity contribution < 1.29 is 9.53 Å². The summed E-state index contributed by atoms with van der Waals surface area (Å²) >= 11 is 0. The Kier molecular flexibility index (Phi) is 2.92. The molecule has 1 amide bonds. The Morgan fingerprint density at radius 2 is 1.83 bits per heavy atom. The predicted molar refractivity (Wildman–Crippen MR) is 91.0 cm³/mol. The van der Waals surface area contributed by atoms with Gasteiger partial charge in [0.1, 0.15) is 11.5 Å². The summed E-state index contributed by atoms with van der Waals surface area (Å²) in [6.45, 7) is 3.98. The number of rotatable bonds is 2. The standard InChI is InChI=1S/C19H20N2O2/c1-11-8-13(20)9-12(2)17(11)23-14-4-5-16-15(10-14)19(6-3-7-19)18(22)21-16/h4-5,8-10H,3,6-7,20H2,1-2H3,(H,21,22). The molecule has 4 nitrogen and oxygen atoms in total. The minimum atomic E-state index is -0.320. The monoisotopic (exact) mass is 308 g/mol. The molecule has 4 heteroatoms. The van der Waals surface area contributed by atoms with Gasteiger partial charge < -0.3 is 15.8 Å². The van der Waals surface area contributed by atoms with E-state index in [1.54, 1.807) is 0 Å². The molecule has 0 aromatic heterocycles. The zero-order valence-electron chi connectivity index (χ0n) is 13.4. The molecule has 23 heavy (non-hydrogen) atoms. The first kappa shape index (κ1) is 14.1. The van der Waals surface area contributed by atoms with E-state index in [2.05, 4.69) is 5.32 Å². The SMILES string of the molecule is Cc1cc(N)cc(C)c1Oc1ccc2c(c1)C1(CCC1)C(=O)N2. The topological polar surface area (TPSA) is 64.3 Å². The highest BCUT2D eigenvalue weighted by atomic mass is 16.5. The van der Waals surface area contributed by atoms with Gasteiger partial charge in [-0.1, -0.05) is 6.42 Å². The second kappa shape index (κ2) is 4.75. The van der Waals surface area contributed by atoms with Gasteiger partial charge in [-0.25, -0.2) is 0 Å². The third-order valence-corrected chi connectivity index (χ3v) is 5.10. The highest BCUT2D eigenvalue weighted by molar-refractivity contribution is 6.07. The van der Waals surface area contributed by atoms with Crippen LogP contribution in [-0.4, -0.2) is 5.91 Å². The minimum absolute atomic E-state index is 0.135. The van der Waals surface area contributed by atoms with E-state index >= 15 is 0 Å². The van der Waals surface area contributed by atoms with E-state index in [4.69, 9.17) is 10.5 Å². The molecule has 118 valence electrons. The maximum Gasteiger partial charge on any atom is 0.235 e. The third-order valence-electron chi connectivity index (χ3n) is 5.10. The van der Waals surface area contributed by atoms with Crippen LogP contribution in [0.2, 0.25) is 0 Å². The Labute approximate surface area is 135 Å². The third kappa shape index (κ3) is 2.01. The average Bonchev–Trinajstić information content (AvgIpc) is 2.73. The van der Waals surface area contributed by atoms with Gasteiger partial charge in [0.15, 0.2) is 0 Å². The molecule has 0 unspecified atom stereocenters. The molecule has 3 N–H and O–H groups in total. The first-order valence-corrected chi connectivity index (χ1v) is 8.00. The summed E-state index contributed by atoms with van der Waals surface area (Å²) in [5.74, 6) is 1.73. The Hall–Kier alpha value is -2.49. The normalized spacial score (nSPS) is 17.6. The number of hydrogen-bond donors (Lipinski definition) is 2. The second-order valence-electron chi connectivity index (χ2n) is 6.68. The minimum Gasteiger partial charge on any atom is -0.457 e. The molecule has 0 bridgehead atoms. The summed E-state index contributed by atoms with van der Waals surface area (Å²) in [6, 6.07) is 9.69. The molecule has 1 aliphatic heterocycles. The van der Waals surface area contributed by atoms with Gasteiger partial charge in [0.05, 0.1) is 5.41 Å². The van der Waals surface area contributed by atoms with Gasteiger partial charge in [-0.3, -0.25) is 4.79 Å². The maximum atomic E-state index is 12.3. The number of ether oxygens (including phenoxy) is 1. The Bertz CT molecular complexity index is 799. The van der Waals surface area contributed by atoms with Crippen molar-refractivity contribution >= 4 is 17.3 Å². The van der Waals surface area contributed by atoms with Crippen LogP contribution in [0.1, 0.15) is 36.0 Å². The van der Waals surface area contributed by atoms with Crippen LogP contribution in [0.5, 0.6) is 11.5 Å². The van der Waals surface area contributed by atoms with E-state index in [1.165, 1.54) is 0 Å². The Balaban J connectivity index is 1.72. The van der Waals surface area contributed by atoms with Crippen LogP contribution in [0.15, 0.2) is 30.3 Å². The molecule has 1 heterocycles. The first-order chi connectivity index (χ1) is 11.0. The zero-order chi connectivity index (χ0) is 16.2. The second-order valence-corrected chi connectivity index (χ2v) is 6.68. The first-order valence-electron chi connectivity index (χ1n) is 8.00. The van der Waals surface area contributed by atoms with Crippen molar-refractivity contribution in [2.75, 3.05) is 11.1 Å². The molecule has 2 aromatic carbocycles. The summed E-state index contributed by atoms with van der Waals surface area (Å²) in [7, 11) is 0. The number of amides is 1. The molecule has 1 aliphatic carbocycles. The number of nitrogens with two attached hydrogens (primary N) is 1. The average molecular weight is 308 g/mol. The van der Waals surface area contributed by atoms with Crippen LogP contribution < -0.4 is 15.8 Å². The van der Waals surface area contributed by atoms with Gasteiger partial charge in [0.2, 0.25) is 5.91 Å². The number of hydrogen-bond acceptors (Lipinski definition) is 3. The molecular weight excluding hydrogens is 288 g/mol. The zero-order valence-corrected chi connectivity index (χ0v) is 13.4. The molecular formula is C19H20N2O2. The molecule has 1 spiro atoms. The van der Waals surface area contributed by atoms with Crippen LogP contribution in [0.4, 0.5) is 11.4 Å². The van der Waals surface area contributed by atoms with E-state index in [-0.39, 0.29) is 11.3 Å². The van der Waals surface area contributed by atoms with Gasteiger partial charge in [-0.2, -0.15) is 0 Å². The molecule has 2 aliphatic rings. The molecule has 4 rings (SSSR count). The van der Waals surface area contributed by atoms with E-state index < -0.39 is 0 Å². The van der Waals surface area contributed by atoms with Crippen molar-refractivity contribution in [2.45, 2.75) is 38.5 Å². The number of anilines is 2. The highest BCUT2D eigenvalue weighted by Gasteiger charge is 2.51. The van der Waals surface area contributed by atoms with E-state index in [1.807, 2.05) is 44.2 Å². The number of carbonyl (C=O) groups excluding carboxylic acids is 1. The molecule has 0 atom stereocenters. The summed E-state index contributed by atoms with van der Waals surface area (Å²) in [5.41, 5.74) is 10.3. The van der Waals surface area contributed by atoms with Crippen LogP contribution in [0.3, 0.4) is 0 Å². The van der Waals surface area contributed by atoms with Crippen LogP contribution in [-0.2, 0) is 10.2 Å². The van der Waals surface area contributed by atoms with Crippen molar-refractivity contribution in [1.29, 1.82) is 0 Å². The quantitative estimate of drug-likeness (QED) is 0.823. The number of benzene rings is 2. The van der Waals surface area contributed by atoms with Gasteiger partial charge in [0.25, 0.3) is 0 Å². The fraction of sp³-hybridized carbons (Fsp3) is 0.316. The summed E-state index contributed by atoms with van der Waals surface area (Å²) in [4.78, 5) is 12.3.